The number of amides is 1. The zero-order valence-corrected chi connectivity index (χ0v) is 11.8. The first-order valence-corrected chi connectivity index (χ1v) is 7.24. The van der Waals surface area contributed by atoms with Gasteiger partial charge in [0.25, 0.3) is 0 Å². The van der Waals surface area contributed by atoms with E-state index in [1.54, 1.807) is 0 Å². The highest BCUT2D eigenvalue weighted by atomic mass is 79.9. The van der Waals surface area contributed by atoms with E-state index in [-0.39, 0.29) is 18.1 Å². The van der Waals surface area contributed by atoms with E-state index in [0.29, 0.717) is 6.42 Å². The van der Waals surface area contributed by atoms with Crippen LogP contribution in [-0.2, 0) is 9.53 Å². The quantitative estimate of drug-likeness (QED) is 0.704. The van der Waals surface area contributed by atoms with Crippen LogP contribution in [0.15, 0.2) is 0 Å². The lowest BCUT2D eigenvalue weighted by molar-refractivity contribution is -0.135. The molecule has 0 aromatic rings. The summed E-state index contributed by atoms with van der Waals surface area (Å²) in [6.07, 6.45) is 3.87. The van der Waals surface area contributed by atoms with E-state index in [2.05, 4.69) is 29.8 Å². The van der Waals surface area contributed by atoms with E-state index in [1.165, 1.54) is 0 Å². The molecule has 0 radical (unpaired) electrons. The summed E-state index contributed by atoms with van der Waals surface area (Å²) >= 11 is 3.40. The van der Waals surface area contributed by atoms with Crippen LogP contribution in [0.5, 0.6) is 0 Å². The van der Waals surface area contributed by atoms with Gasteiger partial charge in [0.15, 0.2) is 0 Å². The van der Waals surface area contributed by atoms with Crippen molar-refractivity contribution in [3.05, 3.63) is 0 Å². The molecular weight excluding hydrogens is 270 g/mol. The van der Waals surface area contributed by atoms with Gasteiger partial charge in [0.2, 0.25) is 5.91 Å². The number of carbonyl (C=O) groups is 1. The van der Waals surface area contributed by atoms with Gasteiger partial charge in [-0.25, -0.2) is 0 Å². The maximum atomic E-state index is 12.1. The summed E-state index contributed by atoms with van der Waals surface area (Å²) in [5.41, 5.74) is 0. The van der Waals surface area contributed by atoms with Crippen LogP contribution in [-0.4, -0.2) is 41.4 Å². The Labute approximate surface area is 107 Å². The third kappa shape index (κ3) is 4.42. The number of alkyl halides is 1. The Morgan fingerprint density at radius 2 is 2.31 bits per heavy atom. The second-order valence-corrected chi connectivity index (χ2v) is 5.36. The molecule has 1 heterocycles. The van der Waals surface area contributed by atoms with E-state index in [0.717, 1.165) is 37.7 Å². The highest BCUT2D eigenvalue weighted by Gasteiger charge is 2.23. The van der Waals surface area contributed by atoms with E-state index in [1.807, 2.05) is 4.90 Å². The van der Waals surface area contributed by atoms with Crippen molar-refractivity contribution in [1.82, 2.24) is 4.90 Å². The molecule has 0 aromatic heterocycles. The van der Waals surface area contributed by atoms with Gasteiger partial charge in [-0.15, -0.1) is 0 Å². The van der Waals surface area contributed by atoms with Gasteiger partial charge in [0.1, 0.15) is 0 Å². The molecule has 1 unspecified atom stereocenters. The fourth-order valence-electron chi connectivity index (χ4n) is 2.02. The van der Waals surface area contributed by atoms with Crippen molar-refractivity contribution in [1.29, 1.82) is 0 Å². The van der Waals surface area contributed by atoms with Crippen LogP contribution >= 0.6 is 15.9 Å². The number of carbonyl (C=O) groups excluding carboxylic acids is 1. The van der Waals surface area contributed by atoms with Crippen molar-refractivity contribution in [2.75, 3.05) is 18.5 Å². The Hall–Kier alpha value is -0.0900. The number of rotatable bonds is 6. The molecule has 1 aliphatic heterocycles. The van der Waals surface area contributed by atoms with Gasteiger partial charge in [-0.2, -0.15) is 0 Å². The molecule has 1 amide bonds. The zero-order valence-electron chi connectivity index (χ0n) is 10.2. The van der Waals surface area contributed by atoms with Crippen molar-refractivity contribution < 1.29 is 9.53 Å². The third-order valence-corrected chi connectivity index (χ3v) is 3.46. The molecule has 3 nitrogen and oxygen atoms in total. The summed E-state index contributed by atoms with van der Waals surface area (Å²) in [4.78, 5) is 14.0. The summed E-state index contributed by atoms with van der Waals surface area (Å²) in [7, 11) is 0. The lowest BCUT2D eigenvalue weighted by Gasteiger charge is -2.27. The smallest absolute Gasteiger partial charge is 0.225 e. The van der Waals surface area contributed by atoms with Crippen LogP contribution < -0.4 is 0 Å². The first-order chi connectivity index (χ1) is 7.65. The van der Waals surface area contributed by atoms with Crippen molar-refractivity contribution >= 4 is 21.8 Å². The molecule has 1 saturated heterocycles. The Bertz CT molecular complexity index is 215. The Morgan fingerprint density at radius 3 is 2.81 bits per heavy atom. The van der Waals surface area contributed by atoms with Crippen molar-refractivity contribution in [3.63, 3.8) is 0 Å². The topological polar surface area (TPSA) is 29.5 Å². The molecule has 0 N–H and O–H groups in total. The second kappa shape index (κ2) is 7.28. The molecule has 1 fully saturated rings. The monoisotopic (exact) mass is 291 g/mol. The minimum absolute atomic E-state index is 0.165. The Morgan fingerprint density at radius 1 is 1.56 bits per heavy atom. The lowest BCUT2D eigenvalue weighted by Crippen LogP contribution is -2.39. The number of hydrogen-bond donors (Lipinski definition) is 0. The fourth-order valence-corrected chi connectivity index (χ4v) is 2.27. The first-order valence-electron chi connectivity index (χ1n) is 6.12. The van der Waals surface area contributed by atoms with Crippen LogP contribution in [0.2, 0.25) is 0 Å². The largest absolute Gasteiger partial charge is 0.378 e. The molecule has 0 spiro atoms. The predicted octanol–water partition coefficient (Wildman–Crippen LogP) is 2.58. The van der Waals surface area contributed by atoms with Crippen LogP contribution in [0.4, 0.5) is 0 Å². The molecule has 0 bridgehead atoms. The van der Waals surface area contributed by atoms with Crippen LogP contribution in [0, 0.1) is 0 Å². The van der Waals surface area contributed by atoms with Gasteiger partial charge < -0.3 is 9.64 Å². The van der Waals surface area contributed by atoms with Crippen LogP contribution in [0.3, 0.4) is 0 Å². The second-order valence-electron chi connectivity index (χ2n) is 4.56. The van der Waals surface area contributed by atoms with Gasteiger partial charge in [-0.3, -0.25) is 4.79 Å². The standard InChI is InChI=1S/C12H22BrNO2/c1-10(2)14(7-4-6-13)12(15)9-11-5-3-8-16-11/h10-11H,3-9H2,1-2H3. The van der Waals surface area contributed by atoms with Crippen molar-refractivity contribution in [3.8, 4) is 0 Å². The minimum atomic E-state index is 0.165. The fraction of sp³-hybridized carbons (Fsp3) is 0.917. The molecule has 16 heavy (non-hydrogen) atoms. The molecule has 1 aliphatic rings. The van der Waals surface area contributed by atoms with E-state index < -0.39 is 0 Å². The van der Waals surface area contributed by atoms with Crippen molar-refractivity contribution in [2.45, 2.75) is 51.7 Å². The van der Waals surface area contributed by atoms with E-state index in [9.17, 15) is 4.79 Å². The Kier molecular flexibility index (Phi) is 6.36. The summed E-state index contributed by atoms with van der Waals surface area (Å²) in [6, 6.07) is 0.285. The Balaban J connectivity index is 2.39. The molecule has 94 valence electrons. The molecule has 0 aliphatic carbocycles. The predicted molar refractivity (Wildman–Crippen MR) is 68.9 cm³/mol. The van der Waals surface area contributed by atoms with Gasteiger partial charge in [-0.05, 0) is 33.1 Å². The summed E-state index contributed by atoms with van der Waals surface area (Å²) in [5.74, 6) is 0.239. The maximum Gasteiger partial charge on any atom is 0.225 e. The average molecular weight is 292 g/mol. The maximum absolute atomic E-state index is 12.1. The van der Waals surface area contributed by atoms with Crippen LogP contribution in [0.1, 0.15) is 39.5 Å². The number of ether oxygens (including phenoxy) is 1. The summed E-state index contributed by atoms with van der Waals surface area (Å²) < 4.78 is 5.50. The zero-order chi connectivity index (χ0) is 12.0. The molecule has 0 saturated carbocycles. The minimum Gasteiger partial charge on any atom is -0.378 e. The van der Waals surface area contributed by atoms with E-state index >= 15 is 0 Å². The number of hydrogen-bond acceptors (Lipinski definition) is 2. The molecule has 0 aromatic carbocycles. The van der Waals surface area contributed by atoms with Crippen LogP contribution in [0.25, 0.3) is 0 Å². The number of nitrogens with zero attached hydrogens (tertiary/aromatic N) is 1. The SMILES string of the molecule is CC(C)N(CCCBr)C(=O)CC1CCCO1. The highest BCUT2D eigenvalue weighted by molar-refractivity contribution is 9.09. The average Bonchev–Trinajstić information content (AvgIpc) is 2.70. The first kappa shape index (κ1) is 14.0. The van der Waals surface area contributed by atoms with E-state index in [4.69, 9.17) is 4.74 Å². The normalized spacial score (nSPS) is 20.4. The molecule has 4 heteroatoms. The van der Waals surface area contributed by atoms with Gasteiger partial charge in [0.05, 0.1) is 12.5 Å². The van der Waals surface area contributed by atoms with Gasteiger partial charge >= 0.3 is 0 Å². The summed E-state index contributed by atoms with van der Waals surface area (Å²) in [5, 5.41) is 0.948. The lowest BCUT2D eigenvalue weighted by atomic mass is 10.1. The third-order valence-electron chi connectivity index (χ3n) is 2.90. The van der Waals surface area contributed by atoms with Gasteiger partial charge in [-0.1, -0.05) is 15.9 Å². The molecular formula is C12H22BrNO2. The van der Waals surface area contributed by atoms with Gasteiger partial charge in [0, 0.05) is 24.5 Å². The molecule has 1 rings (SSSR count). The highest BCUT2D eigenvalue weighted by Crippen LogP contribution is 2.17. The van der Waals surface area contributed by atoms with Crippen molar-refractivity contribution in [2.24, 2.45) is 0 Å². The number of halogens is 1. The molecule has 1 atom stereocenters. The summed E-state index contributed by atoms with van der Waals surface area (Å²) in [6.45, 7) is 5.80.